The lowest BCUT2D eigenvalue weighted by Crippen LogP contribution is -2.66. The normalized spacial score (nSPS) is 36.7. The van der Waals surface area contributed by atoms with Gasteiger partial charge in [-0.3, -0.25) is 4.90 Å². The van der Waals surface area contributed by atoms with Crippen LogP contribution in [0, 0.1) is 5.82 Å². The molecule has 0 amide bonds. The van der Waals surface area contributed by atoms with Crippen molar-refractivity contribution in [2.45, 2.75) is 37.1 Å². The Labute approximate surface area is 147 Å². The number of benzene rings is 1. The average molecular weight is 351 g/mol. The zero-order valence-electron chi connectivity index (χ0n) is 14.5. The minimum Gasteiger partial charge on any atom is -0.390 e. The molecule has 4 rings (SSSR count). The summed E-state index contributed by atoms with van der Waals surface area (Å²) in [6, 6.07) is 6.06. The minimum atomic E-state index is -0.560. The Balaban J connectivity index is 1.43. The quantitative estimate of drug-likeness (QED) is 0.798. The lowest BCUT2D eigenvalue weighted by Gasteiger charge is -2.46. The van der Waals surface area contributed by atoms with Crippen LogP contribution in [0.2, 0.25) is 0 Å². The summed E-state index contributed by atoms with van der Waals surface area (Å²) in [6.45, 7) is 4.81. The summed E-state index contributed by atoms with van der Waals surface area (Å²) >= 11 is 0. The average Bonchev–Trinajstić information content (AvgIpc) is 3.03. The molecule has 25 heavy (non-hydrogen) atoms. The fourth-order valence-corrected chi connectivity index (χ4v) is 4.00. The summed E-state index contributed by atoms with van der Waals surface area (Å²) in [4.78, 5) is 4.57. The van der Waals surface area contributed by atoms with Gasteiger partial charge in [-0.15, -0.1) is 0 Å². The molecule has 3 heterocycles. The number of nitrogens with zero attached hydrogens (tertiary/aromatic N) is 2. The second kappa shape index (κ2) is 7.26. The lowest BCUT2D eigenvalue weighted by atomic mass is 9.94. The van der Waals surface area contributed by atoms with Gasteiger partial charge in [0.15, 0.2) is 6.29 Å². The Morgan fingerprint density at radius 2 is 1.92 bits per heavy atom. The largest absolute Gasteiger partial charge is 0.390 e. The van der Waals surface area contributed by atoms with E-state index < -0.39 is 6.10 Å². The number of aliphatic hydroxyl groups is 1. The van der Waals surface area contributed by atoms with E-state index in [1.165, 1.54) is 12.1 Å². The molecule has 5 atom stereocenters. The van der Waals surface area contributed by atoms with Gasteiger partial charge in [0.25, 0.3) is 0 Å². The standard InChI is InChI=1S/C18H26FN3O3/c1-21-6-8-22(9-7-21)16-17(23)15(14-11-24-18(16)25-14)20-10-12-2-4-13(19)5-3-12/h2-5,14-18,20,23H,6-11H2,1H3/t14-,15+,16-,17-,18+/m0/s1. The highest BCUT2D eigenvalue weighted by Crippen LogP contribution is 2.32. The van der Waals surface area contributed by atoms with Gasteiger partial charge in [0.05, 0.1) is 24.8 Å². The van der Waals surface area contributed by atoms with Crippen LogP contribution in [0.4, 0.5) is 4.39 Å². The van der Waals surface area contributed by atoms with Crippen molar-refractivity contribution in [3.05, 3.63) is 35.6 Å². The highest BCUT2D eigenvalue weighted by molar-refractivity contribution is 5.16. The highest BCUT2D eigenvalue weighted by atomic mass is 19.1. The predicted octanol–water partition coefficient (Wildman–Crippen LogP) is 0.0159. The summed E-state index contributed by atoms with van der Waals surface area (Å²) in [6.07, 6.45) is -1.06. The van der Waals surface area contributed by atoms with Gasteiger partial charge in [-0.25, -0.2) is 4.39 Å². The smallest absolute Gasteiger partial charge is 0.176 e. The Kier molecular flexibility index (Phi) is 5.04. The third kappa shape index (κ3) is 3.58. The van der Waals surface area contributed by atoms with Crippen molar-refractivity contribution in [2.24, 2.45) is 0 Å². The number of ether oxygens (including phenoxy) is 2. The number of fused-ring (bicyclic) bond motifs is 2. The second-order valence-electron chi connectivity index (χ2n) is 7.23. The van der Waals surface area contributed by atoms with E-state index in [1.54, 1.807) is 12.1 Å². The first kappa shape index (κ1) is 17.3. The molecule has 0 saturated carbocycles. The van der Waals surface area contributed by atoms with Crippen LogP contribution in [0.5, 0.6) is 0 Å². The maximum absolute atomic E-state index is 13.0. The maximum Gasteiger partial charge on any atom is 0.176 e. The van der Waals surface area contributed by atoms with Crippen molar-refractivity contribution in [3.63, 3.8) is 0 Å². The molecule has 6 nitrogen and oxygen atoms in total. The Bertz CT molecular complexity index is 579. The SMILES string of the molecule is CN1CCN([C@@H]2[C@@H]3OC[C@H](O3)[C@@H](NCc3ccc(F)cc3)[C@@H]2O)CC1. The fourth-order valence-electron chi connectivity index (χ4n) is 4.00. The molecule has 3 aliphatic heterocycles. The maximum atomic E-state index is 13.0. The van der Waals surface area contributed by atoms with Crippen LogP contribution in [0.1, 0.15) is 5.56 Å². The molecule has 3 aliphatic rings. The third-order valence-corrected chi connectivity index (χ3v) is 5.55. The number of aliphatic hydroxyl groups excluding tert-OH is 1. The zero-order valence-corrected chi connectivity index (χ0v) is 14.5. The molecule has 138 valence electrons. The molecule has 0 aliphatic carbocycles. The van der Waals surface area contributed by atoms with E-state index in [2.05, 4.69) is 22.2 Å². The Morgan fingerprint density at radius 1 is 1.20 bits per heavy atom. The summed E-state index contributed by atoms with van der Waals surface area (Å²) in [5.41, 5.74) is 0.978. The van der Waals surface area contributed by atoms with Crippen LogP contribution in [0.3, 0.4) is 0 Å². The molecule has 0 unspecified atom stereocenters. The monoisotopic (exact) mass is 351 g/mol. The van der Waals surface area contributed by atoms with Crippen molar-refractivity contribution in [3.8, 4) is 0 Å². The van der Waals surface area contributed by atoms with Gasteiger partial charge < -0.3 is 24.8 Å². The minimum absolute atomic E-state index is 0.149. The van der Waals surface area contributed by atoms with Crippen molar-refractivity contribution in [1.29, 1.82) is 0 Å². The summed E-state index contributed by atoms with van der Waals surface area (Å²) in [5.74, 6) is -0.244. The van der Waals surface area contributed by atoms with Gasteiger partial charge in [0.2, 0.25) is 0 Å². The number of nitrogens with one attached hydrogen (secondary N) is 1. The van der Waals surface area contributed by atoms with E-state index >= 15 is 0 Å². The molecule has 0 spiro atoms. The molecule has 0 aromatic heterocycles. The van der Waals surface area contributed by atoms with Gasteiger partial charge >= 0.3 is 0 Å². The van der Waals surface area contributed by atoms with E-state index in [1.807, 2.05) is 0 Å². The van der Waals surface area contributed by atoms with Crippen LogP contribution in [-0.4, -0.2) is 85.3 Å². The van der Waals surface area contributed by atoms with E-state index in [0.29, 0.717) is 13.2 Å². The molecule has 0 radical (unpaired) electrons. The third-order valence-electron chi connectivity index (χ3n) is 5.55. The van der Waals surface area contributed by atoms with E-state index in [-0.39, 0.29) is 30.3 Å². The molecule has 2 N–H and O–H groups in total. The summed E-state index contributed by atoms with van der Waals surface area (Å²) < 4.78 is 24.9. The fraction of sp³-hybridized carbons (Fsp3) is 0.667. The van der Waals surface area contributed by atoms with Crippen LogP contribution in [0.25, 0.3) is 0 Å². The van der Waals surface area contributed by atoms with Gasteiger partial charge in [-0.1, -0.05) is 12.1 Å². The topological polar surface area (TPSA) is 57.2 Å². The number of rotatable bonds is 4. The first-order valence-corrected chi connectivity index (χ1v) is 8.97. The first-order chi connectivity index (χ1) is 12.1. The van der Waals surface area contributed by atoms with Crippen molar-refractivity contribution < 1.29 is 19.0 Å². The van der Waals surface area contributed by atoms with Gasteiger partial charge in [0.1, 0.15) is 11.9 Å². The summed E-state index contributed by atoms with van der Waals surface area (Å²) in [5, 5.41) is 14.4. The highest BCUT2D eigenvalue weighted by Gasteiger charge is 2.52. The summed E-state index contributed by atoms with van der Waals surface area (Å²) in [7, 11) is 2.11. The lowest BCUT2D eigenvalue weighted by molar-refractivity contribution is -0.186. The molecular formula is C18H26FN3O3. The second-order valence-corrected chi connectivity index (χ2v) is 7.23. The van der Waals surface area contributed by atoms with Crippen LogP contribution < -0.4 is 5.32 Å². The molecule has 3 fully saturated rings. The molecular weight excluding hydrogens is 325 g/mol. The van der Waals surface area contributed by atoms with E-state index in [0.717, 1.165) is 31.7 Å². The molecule has 2 bridgehead atoms. The van der Waals surface area contributed by atoms with Gasteiger partial charge in [-0.2, -0.15) is 0 Å². The number of likely N-dealkylation sites (N-methyl/N-ethyl adjacent to an activating group) is 1. The van der Waals surface area contributed by atoms with Crippen LogP contribution >= 0.6 is 0 Å². The molecule has 3 saturated heterocycles. The van der Waals surface area contributed by atoms with E-state index in [9.17, 15) is 9.50 Å². The molecule has 7 heteroatoms. The number of hydrogen-bond acceptors (Lipinski definition) is 6. The van der Waals surface area contributed by atoms with E-state index in [4.69, 9.17) is 9.47 Å². The Morgan fingerprint density at radius 3 is 2.64 bits per heavy atom. The molecule has 1 aromatic rings. The first-order valence-electron chi connectivity index (χ1n) is 8.97. The van der Waals surface area contributed by atoms with Crippen molar-refractivity contribution >= 4 is 0 Å². The van der Waals surface area contributed by atoms with Gasteiger partial charge in [-0.05, 0) is 24.7 Å². The van der Waals surface area contributed by atoms with Crippen LogP contribution in [-0.2, 0) is 16.0 Å². The number of piperazine rings is 1. The number of hydrogen-bond donors (Lipinski definition) is 2. The van der Waals surface area contributed by atoms with Crippen molar-refractivity contribution in [1.82, 2.24) is 15.1 Å². The number of halogens is 1. The Hall–Kier alpha value is -1.09. The van der Waals surface area contributed by atoms with Crippen LogP contribution in [0.15, 0.2) is 24.3 Å². The molecule has 1 aromatic carbocycles. The predicted molar refractivity (Wildman–Crippen MR) is 90.5 cm³/mol. The van der Waals surface area contributed by atoms with Gasteiger partial charge in [0, 0.05) is 32.7 Å². The van der Waals surface area contributed by atoms with Crippen molar-refractivity contribution in [2.75, 3.05) is 39.8 Å². The zero-order chi connectivity index (χ0) is 17.4.